The van der Waals surface area contributed by atoms with E-state index in [2.05, 4.69) is 10.4 Å². The third-order valence-electron chi connectivity index (χ3n) is 5.19. The highest BCUT2D eigenvalue weighted by Crippen LogP contribution is 2.12. The molecule has 0 aliphatic rings. The molecule has 0 atom stereocenters. The zero-order valence-electron chi connectivity index (χ0n) is 18.1. The van der Waals surface area contributed by atoms with Gasteiger partial charge in [0.25, 0.3) is 11.5 Å². The monoisotopic (exact) mass is 422 g/mol. The van der Waals surface area contributed by atoms with Gasteiger partial charge in [0.1, 0.15) is 0 Å². The number of hydrogen-bond donors (Lipinski definition) is 1. The highest BCUT2D eigenvalue weighted by molar-refractivity contribution is 5.91. The molecule has 162 valence electrons. The van der Waals surface area contributed by atoms with E-state index in [-0.39, 0.29) is 18.8 Å². The SMILES string of the molecule is COCCNC(=O)c1nn(-c2ccc(C)c(C)c2)c(=O)n(Cc2ccccc2C)c1=O. The number of amides is 1. The van der Waals surface area contributed by atoms with E-state index in [0.717, 1.165) is 31.5 Å². The number of hydrogen-bond acceptors (Lipinski definition) is 5. The number of rotatable bonds is 7. The lowest BCUT2D eigenvalue weighted by atomic mass is 10.1. The van der Waals surface area contributed by atoms with Crippen molar-refractivity contribution in [3.63, 3.8) is 0 Å². The molecule has 1 amide bonds. The number of aryl methyl sites for hydroxylation is 3. The van der Waals surface area contributed by atoms with Crippen LogP contribution in [0, 0.1) is 20.8 Å². The van der Waals surface area contributed by atoms with Crippen molar-refractivity contribution in [2.24, 2.45) is 0 Å². The van der Waals surface area contributed by atoms with E-state index in [9.17, 15) is 14.4 Å². The molecule has 3 rings (SSSR count). The van der Waals surface area contributed by atoms with Crippen molar-refractivity contribution in [1.82, 2.24) is 19.7 Å². The van der Waals surface area contributed by atoms with Gasteiger partial charge in [-0.15, -0.1) is 0 Å². The highest BCUT2D eigenvalue weighted by atomic mass is 16.5. The number of nitrogens with one attached hydrogen (secondary N) is 1. The predicted octanol–water partition coefficient (Wildman–Crippen LogP) is 1.74. The zero-order valence-corrected chi connectivity index (χ0v) is 18.1. The fourth-order valence-corrected chi connectivity index (χ4v) is 3.13. The molecule has 1 heterocycles. The minimum absolute atomic E-state index is 0.0378. The van der Waals surface area contributed by atoms with Gasteiger partial charge in [0.15, 0.2) is 0 Å². The molecule has 31 heavy (non-hydrogen) atoms. The molecule has 0 spiro atoms. The molecule has 1 N–H and O–H groups in total. The van der Waals surface area contributed by atoms with Crippen molar-refractivity contribution >= 4 is 5.91 Å². The molecule has 0 bridgehead atoms. The fraction of sp³-hybridized carbons (Fsp3) is 0.304. The Morgan fingerprint density at radius 3 is 2.45 bits per heavy atom. The Morgan fingerprint density at radius 2 is 1.77 bits per heavy atom. The first kappa shape index (κ1) is 22.2. The third kappa shape index (κ3) is 4.80. The maximum absolute atomic E-state index is 13.2. The molecule has 0 aliphatic carbocycles. The normalized spacial score (nSPS) is 10.8. The highest BCUT2D eigenvalue weighted by Gasteiger charge is 2.20. The Labute approximate surface area is 180 Å². The minimum atomic E-state index is -0.733. The maximum Gasteiger partial charge on any atom is 0.352 e. The summed E-state index contributed by atoms with van der Waals surface area (Å²) in [6.07, 6.45) is 0. The summed E-state index contributed by atoms with van der Waals surface area (Å²) in [6.45, 7) is 6.34. The lowest BCUT2D eigenvalue weighted by Gasteiger charge is -2.14. The van der Waals surface area contributed by atoms with E-state index >= 15 is 0 Å². The average Bonchev–Trinajstić information content (AvgIpc) is 2.74. The van der Waals surface area contributed by atoms with Gasteiger partial charge in [0, 0.05) is 13.7 Å². The molecule has 0 fully saturated rings. The molecule has 0 saturated heterocycles. The second-order valence-corrected chi connectivity index (χ2v) is 7.38. The Bertz CT molecular complexity index is 1230. The lowest BCUT2D eigenvalue weighted by molar-refractivity contribution is 0.0927. The summed E-state index contributed by atoms with van der Waals surface area (Å²) >= 11 is 0. The van der Waals surface area contributed by atoms with Crippen LogP contribution in [0.25, 0.3) is 5.69 Å². The van der Waals surface area contributed by atoms with Gasteiger partial charge >= 0.3 is 5.69 Å². The minimum Gasteiger partial charge on any atom is -0.383 e. The standard InChI is InChI=1S/C23H26N4O4/c1-15-9-10-19(13-17(15)3)27-23(30)26(14-18-8-6-5-7-16(18)2)22(29)20(25-27)21(28)24-11-12-31-4/h5-10,13H,11-12,14H2,1-4H3,(H,24,28). The number of ether oxygens (including phenoxy) is 1. The summed E-state index contributed by atoms with van der Waals surface area (Å²) < 4.78 is 7.10. The molecule has 0 radical (unpaired) electrons. The van der Waals surface area contributed by atoms with Crippen LogP contribution in [0.3, 0.4) is 0 Å². The van der Waals surface area contributed by atoms with Gasteiger partial charge in [-0.25, -0.2) is 4.79 Å². The lowest BCUT2D eigenvalue weighted by Crippen LogP contribution is -2.46. The Hall–Kier alpha value is -3.52. The van der Waals surface area contributed by atoms with Gasteiger partial charge in [-0.05, 0) is 55.2 Å². The predicted molar refractivity (Wildman–Crippen MR) is 118 cm³/mol. The molecule has 8 heteroatoms. The van der Waals surface area contributed by atoms with Crippen molar-refractivity contribution < 1.29 is 9.53 Å². The summed E-state index contributed by atoms with van der Waals surface area (Å²) in [6, 6.07) is 12.9. The van der Waals surface area contributed by atoms with Crippen molar-refractivity contribution in [2.75, 3.05) is 20.3 Å². The summed E-state index contributed by atoms with van der Waals surface area (Å²) in [5.74, 6) is -0.654. The van der Waals surface area contributed by atoms with Gasteiger partial charge in [-0.3, -0.25) is 14.2 Å². The van der Waals surface area contributed by atoms with E-state index in [1.165, 1.54) is 7.11 Å². The number of methoxy groups -OCH3 is 1. The van der Waals surface area contributed by atoms with E-state index < -0.39 is 17.2 Å². The van der Waals surface area contributed by atoms with E-state index in [0.29, 0.717) is 12.3 Å². The third-order valence-corrected chi connectivity index (χ3v) is 5.19. The maximum atomic E-state index is 13.2. The summed E-state index contributed by atoms with van der Waals surface area (Å²) in [7, 11) is 1.51. The van der Waals surface area contributed by atoms with Crippen LogP contribution in [-0.2, 0) is 11.3 Å². The average molecular weight is 422 g/mol. The smallest absolute Gasteiger partial charge is 0.352 e. The molecule has 0 aliphatic heterocycles. The van der Waals surface area contributed by atoms with Gasteiger partial charge in [-0.1, -0.05) is 30.3 Å². The number of carbonyl (C=O) groups is 1. The van der Waals surface area contributed by atoms with Crippen LogP contribution in [0.1, 0.15) is 32.7 Å². The molecule has 3 aromatic rings. The van der Waals surface area contributed by atoms with Crippen LogP contribution in [0.4, 0.5) is 0 Å². The summed E-state index contributed by atoms with van der Waals surface area (Å²) in [5, 5.41) is 6.74. The second kappa shape index (κ2) is 9.53. The number of benzene rings is 2. The number of aromatic nitrogens is 3. The van der Waals surface area contributed by atoms with E-state index in [4.69, 9.17) is 4.74 Å². The van der Waals surface area contributed by atoms with Crippen molar-refractivity contribution in [3.05, 3.63) is 91.3 Å². The van der Waals surface area contributed by atoms with E-state index in [1.807, 2.05) is 51.1 Å². The van der Waals surface area contributed by atoms with Gasteiger partial charge < -0.3 is 10.1 Å². The Balaban J connectivity index is 2.18. The van der Waals surface area contributed by atoms with Crippen LogP contribution in [0.2, 0.25) is 0 Å². The van der Waals surface area contributed by atoms with Crippen LogP contribution < -0.4 is 16.6 Å². The fourth-order valence-electron chi connectivity index (χ4n) is 3.13. The first-order chi connectivity index (χ1) is 14.8. The molecule has 8 nitrogen and oxygen atoms in total. The molecule has 1 aromatic heterocycles. The topological polar surface area (TPSA) is 95.2 Å². The quantitative estimate of drug-likeness (QED) is 0.586. The largest absolute Gasteiger partial charge is 0.383 e. The van der Waals surface area contributed by atoms with Crippen LogP contribution in [0.5, 0.6) is 0 Å². The Kier molecular flexibility index (Phi) is 6.81. The van der Waals surface area contributed by atoms with Crippen molar-refractivity contribution in [1.29, 1.82) is 0 Å². The zero-order chi connectivity index (χ0) is 22.5. The molecule has 2 aromatic carbocycles. The van der Waals surface area contributed by atoms with Crippen LogP contribution in [-0.4, -0.2) is 40.5 Å². The first-order valence-corrected chi connectivity index (χ1v) is 9.97. The van der Waals surface area contributed by atoms with E-state index in [1.54, 1.807) is 12.1 Å². The van der Waals surface area contributed by atoms with Gasteiger partial charge in [0.2, 0.25) is 5.69 Å². The van der Waals surface area contributed by atoms with Crippen LogP contribution in [0.15, 0.2) is 52.1 Å². The van der Waals surface area contributed by atoms with Gasteiger partial charge in [0.05, 0.1) is 18.8 Å². The number of carbonyl (C=O) groups excluding carboxylic acids is 1. The van der Waals surface area contributed by atoms with Crippen molar-refractivity contribution in [2.45, 2.75) is 27.3 Å². The van der Waals surface area contributed by atoms with Gasteiger partial charge in [-0.2, -0.15) is 9.78 Å². The molecular weight excluding hydrogens is 396 g/mol. The summed E-state index contributed by atoms with van der Waals surface area (Å²) in [4.78, 5) is 39.0. The molecule has 0 unspecified atom stereocenters. The Morgan fingerprint density at radius 1 is 1.03 bits per heavy atom. The molecular formula is C23H26N4O4. The first-order valence-electron chi connectivity index (χ1n) is 9.97. The molecule has 0 saturated carbocycles. The summed E-state index contributed by atoms with van der Waals surface area (Å²) in [5.41, 5.74) is 2.57. The second-order valence-electron chi connectivity index (χ2n) is 7.38. The van der Waals surface area contributed by atoms with Crippen LogP contribution >= 0.6 is 0 Å². The number of nitrogens with zero attached hydrogens (tertiary/aromatic N) is 3. The van der Waals surface area contributed by atoms with Crippen molar-refractivity contribution in [3.8, 4) is 5.69 Å².